The third-order valence-corrected chi connectivity index (χ3v) is 14.3. The summed E-state index contributed by atoms with van der Waals surface area (Å²) in [5, 5.41) is 38.9. The SMILES string of the molecule is C.C.CCn1nnc2c(C)c(C(CC(=O)O)c3ccc4c(c3)CN(C(=O)c3cccc(C)c3)CC4)ccc21.CCn1nnc2c(C)c(C(CC(=O)OC)c3ccc4c(c3)CNCC4)ccc21.Cc1cccc(C(=O)O)c1. The van der Waals surface area contributed by atoms with Crippen LogP contribution in [0.4, 0.5) is 0 Å². The van der Waals surface area contributed by atoms with Crippen LogP contribution in [0.2, 0.25) is 0 Å². The van der Waals surface area contributed by atoms with Crippen molar-refractivity contribution in [3.63, 3.8) is 0 Å². The molecule has 2 aliphatic heterocycles. The van der Waals surface area contributed by atoms with Gasteiger partial charge in [-0.15, -0.1) is 10.2 Å². The molecule has 0 saturated heterocycles. The van der Waals surface area contributed by atoms with Crippen molar-refractivity contribution in [3.8, 4) is 0 Å². The third-order valence-electron chi connectivity index (χ3n) is 14.3. The number of fused-ring (bicyclic) bond motifs is 4. The van der Waals surface area contributed by atoms with E-state index >= 15 is 0 Å². The van der Waals surface area contributed by atoms with Crippen molar-refractivity contribution >= 4 is 45.9 Å². The first-order chi connectivity index (χ1) is 35.7. The summed E-state index contributed by atoms with van der Waals surface area (Å²) in [5.74, 6) is -2.31. The molecule has 8 aromatic rings. The Hall–Kier alpha value is -8.04. The van der Waals surface area contributed by atoms with E-state index < -0.39 is 11.9 Å². The summed E-state index contributed by atoms with van der Waals surface area (Å²) < 4.78 is 8.74. The van der Waals surface area contributed by atoms with E-state index in [2.05, 4.69) is 82.3 Å². The van der Waals surface area contributed by atoms with Gasteiger partial charge in [-0.3, -0.25) is 14.4 Å². The molecule has 15 heteroatoms. The summed E-state index contributed by atoms with van der Waals surface area (Å²) in [4.78, 5) is 49.5. The zero-order chi connectivity index (χ0) is 52.6. The zero-order valence-electron chi connectivity index (χ0n) is 43.2. The van der Waals surface area contributed by atoms with Crippen LogP contribution in [-0.2, 0) is 53.3 Å². The fourth-order valence-electron chi connectivity index (χ4n) is 10.3. The minimum atomic E-state index is -0.872. The van der Waals surface area contributed by atoms with Crippen LogP contribution in [-0.4, -0.2) is 89.1 Å². The van der Waals surface area contributed by atoms with Crippen molar-refractivity contribution in [2.45, 2.75) is 120 Å². The molecule has 0 radical (unpaired) electrons. The molecule has 2 aromatic heterocycles. The smallest absolute Gasteiger partial charge is 0.335 e. The lowest BCUT2D eigenvalue weighted by molar-refractivity contribution is -0.141. The number of hydrogen-bond acceptors (Lipinski definition) is 10. The molecular weight excluding hydrogens is 957 g/mol. The second kappa shape index (κ2) is 25.5. The summed E-state index contributed by atoms with van der Waals surface area (Å²) >= 11 is 0. The van der Waals surface area contributed by atoms with E-state index in [-0.39, 0.29) is 45.0 Å². The minimum absolute atomic E-state index is 0. The van der Waals surface area contributed by atoms with Gasteiger partial charge in [0, 0.05) is 50.1 Å². The number of aliphatic carboxylic acids is 1. The largest absolute Gasteiger partial charge is 0.481 e. The number of nitrogens with zero attached hydrogens (tertiary/aromatic N) is 7. The zero-order valence-corrected chi connectivity index (χ0v) is 43.2. The monoisotopic (exact) mass is 1030 g/mol. The molecule has 398 valence electrons. The number of aryl methyl sites for hydroxylation is 6. The number of carbonyl (C=O) groups is 4. The molecule has 2 atom stereocenters. The average molecular weight is 1030 g/mol. The lowest BCUT2D eigenvalue weighted by Gasteiger charge is -2.30. The van der Waals surface area contributed by atoms with Crippen molar-refractivity contribution in [1.82, 2.24) is 40.2 Å². The van der Waals surface area contributed by atoms with Gasteiger partial charge in [-0.05, 0) is 153 Å². The number of carboxylic acids is 2. The Kier molecular flexibility index (Phi) is 19.2. The number of carbonyl (C=O) groups excluding carboxylic acids is 2. The van der Waals surface area contributed by atoms with Gasteiger partial charge < -0.3 is 25.2 Å². The van der Waals surface area contributed by atoms with E-state index in [0.717, 1.165) is 111 Å². The van der Waals surface area contributed by atoms with Gasteiger partial charge in [0.15, 0.2) is 0 Å². The van der Waals surface area contributed by atoms with Gasteiger partial charge in [0.1, 0.15) is 11.0 Å². The van der Waals surface area contributed by atoms with E-state index in [0.29, 0.717) is 30.6 Å². The molecule has 0 saturated carbocycles. The highest BCUT2D eigenvalue weighted by atomic mass is 16.5. The van der Waals surface area contributed by atoms with Gasteiger partial charge in [0.05, 0.1) is 36.5 Å². The molecule has 10 rings (SSSR count). The molecule has 76 heavy (non-hydrogen) atoms. The Labute approximate surface area is 445 Å². The van der Waals surface area contributed by atoms with Gasteiger partial charge in [-0.25, -0.2) is 14.2 Å². The van der Waals surface area contributed by atoms with E-state index in [1.165, 1.54) is 23.8 Å². The topological polar surface area (TPSA) is 195 Å². The van der Waals surface area contributed by atoms with Crippen LogP contribution in [0.5, 0.6) is 0 Å². The molecule has 0 aliphatic carbocycles. The molecular formula is C61H72N8O7. The molecule has 15 nitrogen and oxygen atoms in total. The second-order valence-electron chi connectivity index (χ2n) is 19.1. The lowest BCUT2D eigenvalue weighted by Crippen LogP contribution is -2.36. The number of aromatic carboxylic acids is 1. The van der Waals surface area contributed by atoms with Crippen molar-refractivity contribution in [2.75, 3.05) is 20.2 Å². The first kappa shape index (κ1) is 57.2. The molecule has 3 N–H and O–H groups in total. The maximum absolute atomic E-state index is 13.2. The predicted molar refractivity (Wildman–Crippen MR) is 298 cm³/mol. The van der Waals surface area contributed by atoms with Crippen molar-refractivity contribution < 1.29 is 34.1 Å². The molecule has 1 amide bonds. The third kappa shape index (κ3) is 12.7. The van der Waals surface area contributed by atoms with E-state index in [1.807, 2.05) is 90.5 Å². The number of nitrogens with one attached hydrogen (secondary N) is 1. The number of ether oxygens (including phenoxy) is 1. The normalized spacial score (nSPS) is 13.3. The van der Waals surface area contributed by atoms with Gasteiger partial charge in [0.25, 0.3) is 5.91 Å². The number of amides is 1. The first-order valence-electron chi connectivity index (χ1n) is 25.2. The quantitative estimate of drug-likeness (QED) is 0.0982. The standard InChI is InChI=1S/C29H30N4O3.C22H26N4O2.C8H8O2.2CH4/c1-4-33-26-11-10-24(19(3)28(26)30-31-33)25(16-27(34)35)21-9-8-20-12-13-32(17-23(20)15-21)29(36)22-7-5-6-18(2)14-22;1-4-26-20-8-7-18(14(2)22(20)24-25-26)19(12-21(27)28-3)16-6-5-15-9-10-23-13-17(15)11-16;1-6-3-2-4-7(5-6)8(9)10;;/h5-11,14-15,25H,4,12-13,16-17H2,1-3H3,(H,34,35);5-8,11,19,23H,4,9-10,12-13H2,1-3H3;2-5H,1H3,(H,9,10);2*1H4. The Morgan fingerprint density at radius 1 is 0.632 bits per heavy atom. The molecule has 0 bridgehead atoms. The summed E-state index contributed by atoms with van der Waals surface area (Å²) in [6.07, 6.45) is 2.10. The summed E-state index contributed by atoms with van der Waals surface area (Å²) in [7, 11) is 1.44. The Balaban J connectivity index is 0.000000208. The Bertz CT molecular complexity index is 3380. The number of rotatable bonds is 12. The van der Waals surface area contributed by atoms with E-state index in [4.69, 9.17) is 9.84 Å². The number of esters is 1. The molecule has 0 fully saturated rings. The maximum Gasteiger partial charge on any atom is 0.335 e. The maximum atomic E-state index is 13.2. The number of aromatic nitrogens is 6. The fourth-order valence-corrected chi connectivity index (χ4v) is 10.3. The van der Waals surface area contributed by atoms with Gasteiger partial charge in [0.2, 0.25) is 0 Å². The van der Waals surface area contributed by atoms with Crippen LogP contribution >= 0.6 is 0 Å². The van der Waals surface area contributed by atoms with Crippen molar-refractivity contribution in [2.24, 2.45) is 0 Å². The molecule has 0 spiro atoms. The van der Waals surface area contributed by atoms with Crippen LogP contribution < -0.4 is 5.32 Å². The van der Waals surface area contributed by atoms with Gasteiger partial charge >= 0.3 is 17.9 Å². The van der Waals surface area contributed by atoms with Crippen molar-refractivity contribution in [3.05, 3.63) is 187 Å². The lowest BCUT2D eigenvalue weighted by atomic mass is 9.83. The van der Waals surface area contributed by atoms with Crippen LogP contribution in [0.1, 0.15) is 141 Å². The summed E-state index contributed by atoms with van der Waals surface area (Å²) in [5.41, 5.74) is 17.9. The van der Waals surface area contributed by atoms with Crippen molar-refractivity contribution in [1.29, 1.82) is 0 Å². The van der Waals surface area contributed by atoms with Gasteiger partial charge in [-0.2, -0.15) is 0 Å². The molecule has 2 unspecified atom stereocenters. The minimum Gasteiger partial charge on any atom is -0.481 e. The number of methoxy groups -OCH3 is 1. The average Bonchev–Trinajstić information content (AvgIpc) is 4.05. The summed E-state index contributed by atoms with van der Waals surface area (Å²) in [6.45, 7) is 16.5. The highest BCUT2D eigenvalue weighted by molar-refractivity contribution is 5.94. The Morgan fingerprint density at radius 2 is 1.16 bits per heavy atom. The number of hydrogen-bond donors (Lipinski definition) is 3. The second-order valence-corrected chi connectivity index (χ2v) is 19.1. The van der Waals surface area contributed by atoms with Gasteiger partial charge in [-0.1, -0.05) is 109 Å². The molecule has 2 aliphatic rings. The Morgan fingerprint density at radius 3 is 1.67 bits per heavy atom. The van der Waals surface area contributed by atoms with E-state index in [1.54, 1.807) is 18.2 Å². The highest BCUT2D eigenvalue weighted by Gasteiger charge is 2.27. The fraction of sp³-hybridized carbons (Fsp3) is 0.344. The van der Waals surface area contributed by atoms with Crippen LogP contribution in [0.15, 0.2) is 109 Å². The number of carboxylic acid groups (broad SMARTS) is 2. The molecule has 4 heterocycles. The van der Waals surface area contributed by atoms with Crippen LogP contribution in [0.3, 0.4) is 0 Å². The molecule has 6 aromatic carbocycles. The van der Waals surface area contributed by atoms with Crippen LogP contribution in [0, 0.1) is 27.7 Å². The number of benzene rings is 6. The first-order valence-corrected chi connectivity index (χ1v) is 25.2. The predicted octanol–water partition coefficient (Wildman–Crippen LogP) is 10.9. The van der Waals surface area contributed by atoms with E-state index in [9.17, 15) is 24.3 Å². The summed E-state index contributed by atoms with van der Waals surface area (Å²) in [6, 6.07) is 35.5. The highest BCUT2D eigenvalue weighted by Crippen LogP contribution is 2.37. The van der Waals surface area contributed by atoms with Crippen LogP contribution in [0.25, 0.3) is 22.1 Å².